The summed E-state index contributed by atoms with van der Waals surface area (Å²) in [5, 5.41) is 4.51. The van der Waals surface area contributed by atoms with Crippen molar-refractivity contribution in [1.82, 2.24) is 4.98 Å². The molecule has 4 heteroatoms. The fourth-order valence-electron chi connectivity index (χ4n) is 2.28. The molecule has 0 radical (unpaired) electrons. The van der Waals surface area contributed by atoms with Crippen LogP contribution >= 0.6 is 11.6 Å². The van der Waals surface area contributed by atoms with Gasteiger partial charge in [-0.25, -0.2) is 0 Å². The quantitative estimate of drug-likeness (QED) is 0.708. The molecule has 0 spiro atoms. The van der Waals surface area contributed by atoms with E-state index in [1.807, 2.05) is 44.2 Å². The first-order valence-corrected chi connectivity index (χ1v) is 7.07. The summed E-state index contributed by atoms with van der Waals surface area (Å²) in [7, 11) is 0. The zero-order valence-electron chi connectivity index (χ0n) is 11.8. The molecule has 2 N–H and O–H groups in total. The number of anilines is 1. The average Bonchev–Trinajstić information content (AvgIpc) is 2.86. The lowest BCUT2D eigenvalue weighted by Crippen LogP contribution is -2.13. The van der Waals surface area contributed by atoms with E-state index in [2.05, 4.69) is 10.3 Å². The molecule has 0 saturated heterocycles. The lowest BCUT2D eigenvalue weighted by atomic mass is 10.2. The molecule has 106 valence electrons. The first kappa shape index (κ1) is 13.7. The molecule has 0 atom stereocenters. The molecular weight excluding hydrogens is 284 g/mol. The molecule has 1 aromatic heterocycles. The third-order valence-corrected chi connectivity index (χ3v) is 3.71. The number of H-pyrrole nitrogens is 1. The molecular formula is C17H15ClN2O. The minimum absolute atomic E-state index is 0.172. The molecule has 0 bridgehead atoms. The number of fused-ring (bicyclic) bond motifs is 1. The van der Waals surface area contributed by atoms with Crippen molar-refractivity contribution < 1.29 is 4.79 Å². The van der Waals surface area contributed by atoms with Crippen LogP contribution < -0.4 is 5.32 Å². The normalized spacial score (nSPS) is 10.8. The molecule has 0 saturated carbocycles. The summed E-state index contributed by atoms with van der Waals surface area (Å²) in [6.45, 7) is 3.95. The maximum atomic E-state index is 12.3. The Morgan fingerprint density at radius 3 is 2.71 bits per heavy atom. The van der Waals surface area contributed by atoms with Gasteiger partial charge in [-0.1, -0.05) is 29.8 Å². The van der Waals surface area contributed by atoms with Gasteiger partial charge in [0.1, 0.15) is 5.69 Å². The number of carbonyl (C=O) groups is 1. The van der Waals surface area contributed by atoms with Crippen LogP contribution in [0.3, 0.4) is 0 Å². The van der Waals surface area contributed by atoms with Gasteiger partial charge in [0.15, 0.2) is 0 Å². The number of aromatic amines is 1. The Morgan fingerprint density at radius 1 is 1.10 bits per heavy atom. The van der Waals surface area contributed by atoms with Gasteiger partial charge in [0.2, 0.25) is 0 Å². The van der Waals surface area contributed by atoms with Gasteiger partial charge in [0.25, 0.3) is 5.91 Å². The van der Waals surface area contributed by atoms with Crippen LogP contribution in [0.25, 0.3) is 10.9 Å². The Balaban J connectivity index is 1.91. The van der Waals surface area contributed by atoms with Crippen LogP contribution in [0.15, 0.2) is 42.5 Å². The molecule has 3 nitrogen and oxygen atoms in total. The number of hydrogen-bond donors (Lipinski definition) is 2. The number of rotatable bonds is 2. The highest BCUT2D eigenvalue weighted by atomic mass is 35.5. The molecule has 21 heavy (non-hydrogen) atoms. The maximum Gasteiger partial charge on any atom is 0.272 e. The van der Waals surface area contributed by atoms with E-state index >= 15 is 0 Å². The Labute approximate surface area is 127 Å². The zero-order valence-corrected chi connectivity index (χ0v) is 12.6. The minimum Gasteiger partial charge on any atom is -0.351 e. The Bertz CT molecular complexity index is 836. The summed E-state index contributed by atoms with van der Waals surface area (Å²) in [6, 6.07) is 13.3. The van der Waals surface area contributed by atoms with Gasteiger partial charge >= 0.3 is 0 Å². The summed E-state index contributed by atoms with van der Waals surface area (Å²) in [6.07, 6.45) is 0. The standard InChI is InChI=1S/C17H15ClN2O/c1-10-3-5-12-8-16(19-15(12)7-10)17(21)20-14-9-13(18)6-4-11(14)2/h3-9,19H,1-2H3,(H,20,21). The molecule has 0 aliphatic rings. The number of aryl methyl sites for hydroxylation is 2. The molecule has 0 fully saturated rings. The van der Waals surface area contributed by atoms with Gasteiger partial charge in [0.05, 0.1) is 0 Å². The highest BCUT2D eigenvalue weighted by Gasteiger charge is 2.11. The van der Waals surface area contributed by atoms with Crippen LogP contribution in [0, 0.1) is 13.8 Å². The van der Waals surface area contributed by atoms with Gasteiger partial charge in [-0.2, -0.15) is 0 Å². The van der Waals surface area contributed by atoms with Gasteiger partial charge in [-0.15, -0.1) is 0 Å². The van der Waals surface area contributed by atoms with E-state index in [0.29, 0.717) is 10.7 Å². The van der Waals surface area contributed by atoms with Gasteiger partial charge in [-0.05, 0) is 49.2 Å². The van der Waals surface area contributed by atoms with E-state index in [4.69, 9.17) is 11.6 Å². The van der Waals surface area contributed by atoms with Crippen molar-refractivity contribution in [3.63, 3.8) is 0 Å². The number of hydrogen-bond acceptors (Lipinski definition) is 1. The van der Waals surface area contributed by atoms with Gasteiger partial charge < -0.3 is 10.3 Å². The molecule has 3 aromatic rings. The summed E-state index contributed by atoms with van der Waals surface area (Å²) < 4.78 is 0. The van der Waals surface area contributed by atoms with Gasteiger partial charge in [-0.3, -0.25) is 4.79 Å². The van der Waals surface area contributed by atoms with Crippen LogP contribution in [0.2, 0.25) is 5.02 Å². The van der Waals surface area contributed by atoms with Crippen molar-refractivity contribution in [2.45, 2.75) is 13.8 Å². The molecule has 0 aliphatic carbocycles. The first-order chi connectivity index (χ1) is 10.0. The molecule has 1 amide bonds. The predicted octanol–water partition coefficient (Wildman–Crippen LogP) is 4.69. The Kier molecular flexibility index (Phi) is 3.43. The van der Waals surface area contributed by atoms with Crippen molar-refractivity contribution in [1.29, 1.82) is 0 Å². The number of carbonyl (C=O) groups excluding carboxylic acids is 1. The predicted molar refractivity (Wildman–Crippen MR) is 87.2 cm³/mol. The van der Waals surface area contributed by atoms with E-state index in [-0.39, 0.29) is 5.91 Å². The summed E-state index contributed by atoms with van der Waals surface area (Å²) in [4.78, 5) is 15.5. The van der Waals surface area contributed by atoms with Crippen molar-refractivity contribution in [2.24, 2.45) is 0 Å². The third kappa shape index (κ3) is 2.78. The Morgan fingerprint density at radius 2 is 1.90 bits per heavy atom. The van der Waals surface area contributed by atoms with E-state index in [1.54, 1.807) is 12.1 Å². The maximum absolute atomic E-state index is 12.3. The van der Waals surface area contributed by atoms with Crippen molar-refractivity contribution in [3.8, 4) is 0 Å². The van der Waals surface area contributed by atoms with E-state index < -0.39 is 0 Å². The second kappa shape index (κ2) is 5.26. The lowest BCUT2D eigenvalue weighted by molar-refractivity contribution is 0.102. The fourth-order valence-corrected chi connectivity index (χ4v) is 2.45. The summed E-state index contributed by atoms with van der Waals surface area (Å²) >= 11 is 5.97. The number of nitrogens with one attached hydrogen (secondary N) is 2. The number of halogens is 1. The lowest BCUT2D eigenvalue weighted by Gasteiger charge is -2.07. The van der Waals surface area contributed by atoms with Crippen LogP contribution in [-0.4, -0.2) is 10.9 Å². The second-order valence-electron chi connectivity index (χ2n) is 5.19. The largest absolute Gasteiger partial charge is 0.351 e. The zero-order chi connectivity index (χ0) is 15.0. The average molecular weight is 299 g/mol. The van der Waals surface area contributed by atoms with Crippen LogP contribution in [-0.2, 0) is 0 Å². The van der Waals surface area contributed by atoms with Crippen LogP contribution in [0.1, 0.15) is 21.6 Å². The van der Waals surface area contributed by atoms with E-state index in [0.717, 1.165) is 27.7 Å². The van der Waals surface area contributed by atoms with Crippen molar-refractivity contribution >= 4 is 34.1 Å². The molecule has 2 aromatic carbocycles. The SMILES string of the molecule is Cc1ccc2cc(C(=O)Nc3cc(Cl)ccc3C)[nH]c2c1. The van der Waals surface area contributed by atoms with E-state index in [1.165, 1.54) is 0 Å². The highest BCUT2D eigenvalue weighted by Crippen LogP contribution is 2.22. The number of amides is 1. The minimum atomic E-state index is -0.172. The highest BCUT2D eigenvalue weighted by molar-refractivity contribution is 6.31. The summed E-state index contributed by atoms with van der Waals surface area (Å²) in [5.74, 6) is -0.172. The third-order valence-electron chi connectivity index (χ3n) is 3.47. The number of benzene rings is 2. The van der Waals surface area contributed by atoms with Crippen molar-refractivity contribution in [3.05, 3.63) is 64.3 Å². The molecule has 1 heterocycles. The van der Waals surface area contributed by atoms with Crippen LogP contribution in [0.5, 0.6) is 0 Å². The van der Waals surface area contributed by atoms with Gasteiger partial charge in [0, 0.05) is 21.6 Å². The fraction of sp³-hybridized carbons (Fsp3) is 0.118. The number of aromatic nitrogens is 1. The summed E-state index contributed by atoms with van der Waals surface area (Å²) in [5.41, 5.74) is 4.35. The molecule has 3 rings (SSSR count). The Hall–Kier alpha value is -2.26. The second-order valence-corrected chi connectivity index (χ2v) is 5.62. The van der Waals surface area contributed by atoms with Crippen LogP contribution in [0.4, 0.5) is 5.69 Å². The topological polar surface area (TPSA) is 44.9 Å². The monoisotopic (exact) mass is 298 g/mol. The molecule has 0 aliphatic heterocycles. The smallest absolute Gasteiger partial charge is 0.272 e. The van der Waals surface area contributed by atoms with E-state index in [9.17, 15) is 4.79 Å². The first-order valence-electron chi connectivity index (χ1n) is 6.70. The molecule has 0 unspecified atom stereocenters. The van der Waals surface area contributed by atoms with Crippen molar-refractivity contribution in [2.75, 3.05) is 5.32 Å².